The van der Waals surface area contributed by atoms with E-state index in [4.69, 9.17) is 0 Å². The Morgan fingerprint density at radius 2 is 1.12 bits per heavy atom. The topological polar surface area (TPSA) is 4.93 Å². The number of fused-ring (bicyclic) bond motifs is 3. The van der Waals surface area contributed by atoms with Gasteiger partial charge in [-0.3, -0.25) is 0 Å². The van der Waals surface area contributed by atoms with E-state index in [0.29, 0.717) is 0 Å². The molecule has 0 saturated heterocycles. The fourth-order valence-electron chi connectivity index (χ4n) is 5.28. The molecule has 0 aliphatic carbocycles. The standard InChI is InChI=1S/C30H18BrN/c31-25-16-17-27-30-28(25)23-13-5-4-12-22(23)24-14-7-15-26(29(24)30)32(27)21-11-6-10-20(18-21)19-8-2-1-3-9-19/h1-18H. The van der Waals surface area contributed by atoms with Crippen molar-refractivity contribution in [3.05, 3.63) is 114 Å². The average Bonchev–Trinajstić information content (AvgIpc) is 3.19. The van der Waals surface area contributed by atoms with Gasteiger partial charge in [0, 0.05) is 26.3 Å². The van der Waals surface area contributed by atoms with Crippen molar-refractivity contribution in [2.75, 3.05) is 0 Å². The molecule has 0 fully saturated rings. The number of halogens is 1. The quantitative estimate of drug-likeness (QED) is 0.221. The van der Waals surface area contributed by atoms with Crippen LogP contribution >= 0.6 is 15.9 Å². The fraction of sp³-hybridized carbons (Fsp3) is 0. The lowest BCUT2D eigenvalue weighted by Gasteiger charge is -2.10. The second kappa shape index (κ2) is 6.69. The van der Waals surface area contributed by atoms with Crippen molar-refractivity contribution >= 4 is 59.3 Å². The van der Waals surface area contributed by atoms with Crippen LogP contribution in [0.15, 0.2) is 114 Å². The van der Waals surface area contributed by atoms with Gasteiger partial charge in [0.15, 0.2) is 0 Å². The van der Waals surface area contributed by atoms with E-state index in [0.717, 1.165) is 4.47 Å². The van der Waals surface area contributed by atoms with Gasteiger partial charge < -0.3 is 4.57 Å². The highest BCUT2D eigenvalue weighted by Crippen LogP contribution is 2.45. The molecular formula is C30H18BrN. The van der Waals surface area contributed by atoms with Crippen molar-refractivity contribution < 1.29 is 0 Å². The molecule has 0 saturated carbocycles. The first-order valence-electron chi connectivity index (χ1n) is 10.8. The molecule has 1 nitrogen and oxygen atoms in total. The Balaban J connectivity index is 1.66. The van der Waals surface area contributed by atoms with Crippen molar-refractivity contribution in [3.8, 4) is 16.8 Å². The van der Waals surface area contributed by atoms with Gasteiger partial charge in [-0.25, -0.2) is 0 Å². The van der Waals surface area contributed by atoms with Crippen LogP contribution in [0, 0.1) is 0 Å². The molecule has 7 rings (SSSR count). The van der Waals surface area contributed by atoms with E-state index in [2.05, 4.69) is 130 Å². The average molecular weight is 472 g/mol. The Morgan fingerprint density at radius 1 is 0.469 bits per heavy atom. The lowest BCUT2D eigenvalue weighted by molar-refractivity contribution is 1.18. The van der Waals surface area contributed by atoms with Gasteiger partial charge >= 0.3 is 0 Å². The van der Waals surface area contributed by atoms with Crippen LogP contribution in [0.1, 0.15) is 0 Å². The van der Waals surface area contributed by atoms with Gasteiger partial charge in [-0.15, -0.1) is 0 Å². The molecule has 0 atom stereocenters. The predicted molar refractivity (Wildman–Crippen MR) is 140 cm³/mol. The third-order valence-corrected chi connectivity index (χ3v) is 7.27. The molecule has 0 amide bonds. The van der Waals surface area contributed by atoms with Gasteiger partial charge in [0.2, 0.25) is 0 Å². The van der Waals surface area contributed by atoms with Gasteiger partial charge in [0.25, 0.3) is 0 Å². The van der Waals surface area contributed by atoms with Gasteiger partial charge in [-0.05, 0) is 57.6 Å². The van der Waals surface area contributed by atoms with Crippen LogP contribution in [-0.4, -0.2) is 4.57 Å². The largest absolute Gasteiger partial charge is 0.309 e. The van der Waals surface area contributed by atoms with Gasteiger partial charge in [0.1, 0.15) is 0 Å². The van der Waals surface area contributed by atoms with Crippen LogP contribution in [-0.2, 0) is 0 Å². The predicted octanol–water partition coefficient (Wildman–Crippen LogP) is 8.96. The Hall–Kier alpha value is -3.62. The van der Waals surface area contributed by atoms with Crippen LogP contribution in [0.2, 0.25) is 0 Å². The molecule has 0 bridgehead atoms. The molecule has 7 aromatic rings. The van der Waals surface area contributed by atoms with Crippen LogP contribution in [0.25, 0.3) is 60.2 Å². The molecule has 0 N–H and O–H groups in total. The summed E-state index contributed by atoms with van der Waals surface area (Å²) in [5.74, 6) is 0. The van der Waals surface area contributed by atoms with Crippen LogP contribution < -0.4 is 0 Å². The van der Waals surface area contributed by atoms with E-state index >= 15 is 0 Å². The van der Waals surface area contributed by atoms with E-state index in [1.54, 1.807) is 0 Å². The number of rotatable bonds is 2. The summed E-state index contributed by atoms with van der Waals surface area (Å²) in [5, 5.41) is 7.86. The van der Waals surface area contributed by atoms with E-state index in [9.17, 15) is 0 Å². The van der Waals surface area contributed by atoms with Crippen LogP contribution in [0.4, 0.5) is 0 Å². The first-order chi connectivity index (χ1) is 15.8. The minimum absolute atomic E-state index is 1.14. The van der Waals surface area contributed by atoms with E-state index in [1.807, 2.05) is 0 Å². The molecule has 0 aliphatic rings. The highest BCUT2D eigenvalue weighted by molar-refractivity contribution is 9.10. The molecule has 1 aromatic heterocycles. The summed E-state index contributed by atoms with van der Waals surface area (Å²) in [6.07, 6.45) is 0. The molecule has 150 valence electrons. The third-order valence-electron chi connectivity index (χ3n) is 6.60. The summed E-state index contributed by atoms with van der Waals surface area (Å²) in [5.41, 5.74) is 6.13. The Bertz CT molecular complexity index is 1780. The molecule has 1 heterocycles. The van der Waals surface area contributed by atoms with E-state index in [-0.39, 0.29) is 0 Å². The lowest BCUT2D eigenvalue weighted by atomic mass is 9.94. The zero-order valence-corrected chi connectivity index (χ0v) is 18.8. The fourth-order valence-corrected chi connectivity index (χ4v) is 5.83. The smallest absolute Gasteiger partial charge is 0.0548 e. The van der Waals surface area contributed by atoms with Crippen LogP contribution in [0.5, 0.6) is 0 Å². The minimum atomic E-state index is 1.14. The summed E-state index contributed by atoms with van der Waals surface area (Å²) in [6.45, 7) is 0. The number of hydrogen-bond donors (Lipinski definition) is 0. The number of benzene rings is 6. The second-order valence-electron chi connectivity index (χ2n) is 8.31. The molecule has 2 heteroatoms. The zero-order valence-electron chi connectivity index (χ0n) is 17.2. The normalized spacial score (nSPS) is 11.9. The number of hydrogen-bond acceptors (Lipinski definition) is 0. The van der Waals surface area contributed by atoms with Gasteiger partial charge in [-0.1, -0.05) is 94.8 Å². The Labute approximate surface area is 194 Å². The van der Waals surface area contributed by atoms with Crippen LogP contribution in [0.3, 0.4) is 0 Å². The first kappa shape index (κ1) is 18.0. The molecule has 0 unspecified atom stereocenters. The summed E-state index contributed by atoms with van der Waals surface area (Å²) < 4.78 is 3.56. The monoisotopic (exact) mass is 471 g/mol. The SMILES string of the molecule is Brc1ccc2c3c1c1ccccc1c1cccc(c13)n2-c1cccc(-c2ccccc2)c1. The Morgan fingerprint density at radius 3 is 2.00 bits per heavy atom. The lowest BCUT2D eigenvalue weighted by Crippen LogP contribution is -1.94. The van der Waals surface area contributed by atoms with Crippen molar-refractivity contribution in [1.82, 2.24) is 4.57 Å². The maximum absolute atomic E-state index is 3.86. The van der Waals surface area contributed by atoms with Crippen molar-refractivity contribution in [1.29, 1.82) is 0 Å². The molecule has 0 radical (unpaired) electrons. The molecule has 6 aromatic carbocycles. The second-order valence-corrected chi connectivity index (χ2v) is 9.17. The zero-order chi connectivity index (χ0) is 21.2. The summed E-state index contributed by atoms with van der Waals surface area (Å²) in [6, 6.07) is 39.3. The highest BCUT2D eigenvalue weighted by atomic mass is 79.9. The minimum Gasteiger partial charge on any atom is -0.309 e. The molecule has 0 aliphatic heterocycles. The van der Waals surface area contributed by atoms with Crippen molar-refractivity contribution in [2.45, 2.75) is 0 Å². The maximum atomic E-state index is 3.86. The van der Waals surface area contributed by atoms with Crippen molar-refractivity contribution in [2.24, 2.45) is 0 Å². The third kappa shape index (κ3) is 2.39. The van der Waals surface area contributed by atoms with E-state index in [1.165, 1.54) is 60.2 Å². The van der Waals surface area contributed by atoms with E-state index < -0.39 is 0 Å². The highest BCUT2D eigenvalue weighted by Gasteiger charge is 2.20. The van der Waals surface area contributed by atoms with Gasteiger partial charge in [0.05, 0.1) is 11.0 Å². The summed E-state index contributed by atoms with van der Waals surface area (Å²) in [7, 11) is 0. The molecular weight excluding hydrogens is 454 g/mol. The number of nitrogens with zero attached hydrogens (tertiary/aromatic N) is 1. The van der Waals surface area contributed by atoms with Gasteiger partial charge in [-0.2, -0.15) is 0 Å². The Kier molecular flexibility index (Phi) is 3.76. The maximum Gasteiger partial charge on any atom is 0.0548 e. The number of aromatic nitrogens is 1. The molecule has 0 spiro atoms. The first-order valence-corrected chi connectivity index (χ1v) is 11.6. The summed E-state index contributed by atoms with van der Waals surface area (Å²) in [4.78, 5) is 0. The summed E-state index contributed by atoms with van der Waals surface area (Å²) >= 11 is 3.86. The van der Waals surface area contributed by atoms with Crippen molar-refractivity contribution in [3.63, 3.8) is 0 Å². The molecule has 32 heavy (non-hydrogen) atoms.